The number of nitrogens with zero attached hydrogens (tertiary/aromatic N) is 2. The molecular weight excluding hydrogens is 559 g/mol. The van der Waals surface area contributed by atoms with Gasteiger partial charge < -0.3 is 9.38 Å². The highest BCUT2D eigenvalue weighted by Gasteiger charge is 2.44. The Bertz CT molecular complexity index is 2350. The van der Waals surface area contributed by atoms with Crippen molar-refractivity contribution >= 4 is 74.5 Å². The summed E-state index contributed by atoms with van der Waals surface area (Å²) in [4.78, 5) is 7.99. The van der Waals surface area contributed by atoms with Crippen molar-refractivity contribution in [2.75, 3.05) is 4.81 Å². The summed E-state index contributed by atoms with van der Waals surface area (Å²) in [5.41, 5.74) is 14.5. The third-order valence-corrected chi connectivity index (χ3v) is 11.9. The summed E-state index contributed by atoms with van der Waals surface area (Å²) in [7, 11) is 0. The molecule has 2 nitrogen and oxygen atoms in total. The van der Waals surface area contributed by atoms with E-state index in [1.807, 2.05) is 23.5 Å². The minimum absolute atomic E-state index is 0.0614. The van der Waals surface area contributed by atoms with Gasteiger partial charge in [-0.1, -0.05) is 96.3 Å². The second-order valence-electron chi connectivity index (χ2n) is 11.9. The van der Waals surface area contributed by atoms with Gasteiger partial charge in [-0.25, -0.2) is 0 Å². The van der Waals surface area contributed by atoms with Crippen LogP contribution in [-0.4, -0.2) is 11.4 Å². The van der Waals surface area contributed by atoms with E-state index in [0.29, 0.717) is 0 Å². The second-order valence-corrected chi connectivity index (χ2v) is 14.0. The fraction of sp³-hybridized carbons (Fsp3) is 0.0526. The molecule has 43 heavy (non-hydrogen) atoms. The minimum atomic E-state index is 0.0614. The van der Waals surface area contributed by atoms with Crippen molar-refractivity contribution in [3.05, 3.63) is 126 Å². The third kappa shape index (κ3) is 3.19. The summed E-state index contributed by atoms with van der Waals surface area (Å²) < 4.78 is 2.54. The quantitative estimate of drug-likeness (QED) is 0.178. The molecular formula is C38H25BN2S2. The van der Waals surface area contributed by atoms with E-state index in [4.69, 9.17) is 0 Å². The number of hydrogen-bond donors (Lipinski definition) is 0. The van der Waals surface area contributed by atoms with Crippen LogP contribution in [0.4, 0.5) is 11.4 Å². The molecule has 1 aromatic heterocycles. The molecule has 0 N–H and O–H groups in total. The summed E-state index contributed by atoms with van der Waals surface area (Å²) in [5, 5.41) is 2.64. The highest BCUT2D eigenvalue weighted by Crippen LogP contribution is 2.54. The summed E-state index contributed by atoms with van der Waals surface area (Å²) in [6, 6.07) is 43.3. The molecule has 0 atom stereocenters. The number of anilines is 2. The Hall–Kier alpha value is -4.32. The van der Waals surface area contributed by atoms with Gasteiger partial charge in [-0.2, -0.15) is 0 Å². The van der Waals surface area contributed by atoms with E-state index in [-0.39, 0.29) is 6.85 Å². The average molecular weight is 585 g/mol. The number of para-hydroxylation sites is 3. The minimum Gasteiger partial charge on any atom is -0.376 e. The Morgan fingerprint density at radius 1 is 0.558 bits per heavy atom. The molecule has 0 aliphatic carbocycles. The van der Waals surface area contributed by atoms with E-state index in [2.05, 4.69) is 138 Å². The van der Waals surface area contributed by atoms with E-state index in [9.17, 15) is 0 Å². The molecule has 4 heterocycles. The Labute approximate surface area is 259 Å². The monoisotopic (exact) mass is 584 g/mol. The second kappa shape index (κ2) is 8.62. The van der Waals surface area contributed by atoms with E-state index in [1.54, 1.807) is 0 Å². The van der Waals surface area contributed by atoms with Crippen molar-refractivity contribution in [1.82, 2.24) is 4.57 Å². The molecule has 0 saturated heterocycles. The first-order valence-electron chi connectivity index (χ1n) is 14.8. The van der Waals surface area contributed by atoms with E-state index >= 15 is 0 Å². The molecule has 0 radical (unpaired) electrons. The lowest BCUT2D eigenvalue weighted by atomic mass is 9.44. The van der Waals surface area contributed by atoms with Gasteiger partial charge in [0.1, 0.15) is 0 Å². The van der Waals surface area contributed by atoms with E-state index < -0.39 is 0 Å². The summed E-state index contributed by atoms with van der Waals surface area (Å²) in [5.74, 6) is 0. The Morgan fingerprint density at radius 3 is 2.12 bits per heavy atom. The largest absolute Gasteiger partial charge is 0.376 e. The highest BCUT2D eigenvalue weighted by molar-refractivity contribution is 8.05. The van der Waals surface area contributed by atoms with Crippen LogP contribution in [0.3, 0.4) is 0 Å². The first kappa shape index (κ1) is 24.2. The van der Waals surface area contributed by atoms with Gasteiger partial charge in [0, 0.05) is 53.0 Å². The van der Waals surface area contributed by atoms with Crippen LogP contribution in [0.25, 0.3) is 38.6 Å². The van der Waals surface area contributed by atoms with Crippen molar-refractivity contribution in [3.8, 4) is 16.8 Å². The zero-order valence-electron chi connectivity index (χ0n) is 23.8. The maximum absolute atomic E-state index is 2.65. The summed E-state index contributed by atoms with van der Waals surface area (Å²) >= 11 is 3.80. The predicted octanol–water partition coefficient (Wildman–Crippen LogP) is 9.25. The van der Waals surface area contributed by atoms with Crippen LogP contribution < -0.4 is 15.7 Å². The standard InChI is InChI=1S/C38H25BN2S2/c1-22-18-27-26-20-35-36(43-34-17-8-7-16-33(34)42-35)21-31(26)41(29-14-5-3-10-23(29)2)39-28-13-9-12-25-24-11-4-6-15-30(24)40(38(25)28)32(19-22)37(27)39/h3-21H,1-2H3. The fourth-order valence-corrected chi connectivity index (χ4v) is 9.91. The number of fused-ring (bicyclic) bond motifs is 9. The topological polar surface area (TPSA) is 8.17 Å². The predicted molar refractivity (Wildman–Crippen MR) is 184 cm³/mol. The first-order chi connectivity index (χ1) is 21.2. The number of aromatic nitrogens is 1. The van der Waals surface area contributed by atoms with Gasteiger partial charge in [-0.15, -0.1) is 0 Å². The normalized spacial score (nSPS) is 14.0. The number of aryl methyl sites for hydroxylation is 2. The lowest BCUT2D eigenvalue weighted by Gasteiger charge is -2.43. The zero-order chi connectivity index (χ0) is 28.4. The molecule has 0 amide bonds. The molecule has 3 aliphatic rings. The van der Waals surface area contributed by atoms with Gasteiger partial charge >= 0.3 is 6.85 Å². The van der Waals surface area contributed by atoms with Crippen LogP contribution >= 0.6 is 23.5 Å². The molecule has 7 aromatic rings. The van der Waals surface area contributed by atoms with E-state index in [1.165, 1.54) is 91.6 Å². The Balaban J connectivity index is 1.36. The van der Waals surface area contributed by atoms with E-state index in [0.717, 1.165) is 0 Å². The van der Waals surface area contributed by atoms with Crippen molar-refractivity contribution in [1.29, 1.82) is 0 Å². The maximum atomic E-state index is 2.65. The van der Waals surface area contributed by atoms with Crippen molar-refractivity contribution < 1.29 is 0 Å². The fourth-order valence-electron chi connectivity index (χ4n) is 7.63. The number of rotatable bonds is 1. The molecule has 0 fully saturated rings. The molecule has 0 saturated carbocycles. The Morgan fingerprint density at radius 2 is 1.28 bits per heavy atom. The van der Waals surface area contributed by atoms with Crippen LogP contribution in [0.5, 0.6) is 0 Å². The van der Waals surface area contributed by atoms with Gasteiger partial charge in [0.2, 0.25) is 0 Å². The highest BCUT2D eigenvalue weighted by atomic mass is 32.2. The molecule has 6 aromatic carbocycles. The molecule has 0 bridgehead atoms. The Kier molecular flexibility index (Phi) is 4.85. The van der Waals surface area contributed by atoms with Crippen LogP contribution in [-0.2, 0) is 0 Å². The van der Waals surface area contributed by atoms with Crippen LogP contribution in [0.15, 0.2) is 135 Å². The zero-order valence-corrected chi connectivity index (χ0v) is 25.4. The molecule has 10 rings (SSSR count). The molecule has 5 heteroatoms. The van der Waals surface area contributed by atoms with Crippen molar-refractivity contribution in [2.24, 2.45) is 0 Å². The van der Waals surface area contributed by atoms with Crippen LogP contribution in [0, 0.1) is 13.8 Å². The van der Waals surface area contributed by atoms with Gasteiger partial charge in [-0.05, 0) is 83.9 Å². The SMILES string of the molecule is Cc1cc2c3c(c1)-n1c4ccccc4c4cccc(c41)B3N(c1ccccc1C)c1cc3c(cc1-2)Sc1ccccc1S3. The third-order valence-electron chi connectivity index (χ3n) is 9.37. The van der Waals surface area contributed by atoms with Crippen molar-refractivity contribution in [3.63, 3.8) is 0 Å². The van der Waals surface area contributed by atoms with Crippen molar-refractivity contribution in [2.45, 2.75) is 33.4 Å². The lowest BCUT2D eigenvalue weighted by Crippen LogP contribution is -2.60. The first-order valence-corrected chi connectivity index (χ1v) is 16.4. The maximum Gasteiger partial charge on any atom is 0.333 e. The average Bonchev–Trinajstić information content (AvgIpc) is 3.37. The molecule has 3 aliphatic heterocycles. The smallest absolute Gasteiger partial charge is 0.333 e. The number of benzene rings is 6. The summed E-state index contributed by atoms with van der Waals surface area (Å²) in [6.45, 7) is 4.56. The molecule has 0 spiro atoms. The number of hydrogen-bond acceptors (Lipinski definition) is 3. The lowest BCUT2D eigenvalue weighted by molar-refractivity contribution is 1.14. The van der Waals surface area contributed by atoms with Gasteiger partial charge in [0.05, 0.1) is 11.0 Å². The summed E-state index contributed by atoms with van der Waals surface area (Å²) in [6.07, 6.45) is 0. The van der Waals surface area contributed by atoms with Gasteiger partial charge in [0.25, 0.3) is 0 Å². The molecule has 202 valence electrons. The molecule has 0 unspecified atom stereocenters. The van der Waals surface area contributed by atoms with Crippen LogP contribution in [0.2, 0.25) is 0 Å². The van der Waals surface area contributed by atoms with Crippen LogP contribution in [0.1, 0.15) is 11.1 Å². The van der Waals surface area contributed by atoms with Gasteiger partial charge in [-0.3, -0.25) is 0 Å². The van der Waals surface area contributed by atoms with Gasteiger partial charge in [0.15, 0.2) is 0 Å².